The molecule has 0 saturated heterocycles. The maximum Gasteiger partial charge on any atom is 0.340 e. The molecule has 2 aromatic rings. The van der Waals surface area contributed by atoms with Crippen LogP contribution >= 0.6 is 11.3 Å². The van der Waals surface area contributed by atoms with Gasteiger partial charge in [-0.1, -0.05) is 18.2 Å². The molecule has 1 heterocycles. The molecule has 0 radical (unpaired) electrons. The third kappa shape index (κ3) is 3.71. The van der Waals surface area contributed by atoms with Crippen LogP contribution in [0.3, 0.4) is 0 Å². The van der Waals surface area contributed by atoms with Crippen LogP contribution in [-0.2, 0) is 9.53 Å². The fourth-order valence-corrected chi connectivity index (χ4v) is 3.16. The van der Waals surface area contributed by atoms with Gasteiger partial charge in [-0.15, -0.1) is 11.3 Å². The van der Waals surface area contributed by atoms with Gasteiger partial charge in [0.1, 0.15) is 10.8 Å². The van der Waals surface area contributed by atoms with Gasteiger partial charge in [-0.05, 0) is 26.0 Å². The largest absolute Gasteiger partial charge is 0.496 e. The van der Waals surface area contributed by atoms with Gasteiger partial charge < -0.3 is 14.8 Å². The van der Waals surface area contributed by atoms with E-state index in [4.69, 9.17) is 9.47 Å². The van der Waals surface area contributed by atoms with Crippen molar-refractivity contribution in [1.29, 1.82) is 0 Å². The zero-order valence-electron chi connectivity index (χ0n) is 13.5. The standard InChI is InChI=1S/C17H19NO4S/c1-10-9-13(17(20)22-4)16(23-10)18-15(19)11(2)12-7-5-6-8-14(12)21-3/h5-9,11H,1-4H3,(H,18,19). The van der Waals surface area contributed by atoms with E-state index in [1.807, 2.05) is 31.2 Å². The lowest BCUT2D eigenvalue weighted by Gasteiger charge is -2.15. The Labute approximate surface area is 139 Å². The van der Waals surface area contributed by atoms with Crippen LogP contribution < -0.4 is 10.1 Å². The Bertz CT molecular complexity index is 723. The van der Waals surface area contributed by atoms with Crippen molar-refractivity contribution in [3.05, 3.63) is 46.3 Å². The SMILES string of the molecule is COC(=O)c1cc(C)sc1NC(=O)C(C)c1ccccc1OC. The number of ether oxygens (including phenoxy) is 2. The molecule has 23 heavy (non-hydrogen) atoms. The second kappa shape index (κ2) is 7.28. The van der Waals surface area contributed by atoms with E-state index in [0.717, 1.165) is 10.4 Å². The van der Waals surface area contributed by atoms with Crippen molar-refractivity contribution < 1.29 is 19.1 Å². The van der Waals surface area contributed by atoms with Gasteiger partial charge in [0.05, 0.1) is 25.7 Å². The summed E-state index contributed by atoms with van der Waals surface area (Å²) in [5.41, 5.74) is 1.16. The Kier molecular flexibility index (Phi) is 5.39. The van der Waals surface area contributed by atoms with Crippen molar-refractivity contribution in [2.45, 2.75) is 19.8 Å². The number of para-hydroxylation sites is 1. The number of hydrogen-bond donors (Lipinski definition) is 1. The molecular weight excluding hydrogens is 314 g/mol. The topological polar surface area (TPSA) is 64.6 Å². The van der Waals surface area contributed by atoms with Crippen LogP contribution in [0.15, 0.2) is 30.3 Å². The summed E-state index contributed by atoms with van der Waals surface area (Å²) in [5, 5.41) is 3.32. The normalized spacial score (nSPS) is 11.7. The Morgan fingerprint density at radius 2 is 1.91 bits per heavy atom. The average Bonchev–Trinajstić information content (AvgIpc) is 2.93. The molecular formula is C17H19NO4S. The molecule has 0 aliphatic heterocycles. The predicted molar refractivity (Wildman–Crippen MR) is 90.4 cm³/mol. The molecule has 1 N–H and O–H groups in total. The second-order valence-corrected chi connectivity index (χ2v) is 6.30. The molecule has 0 spiro atoms. The van der Waals surface area contributed by atoms with Crippen molar-refractivity contribution in [2.75, 3.05) is 19.5 Å². The van der Waals surface area contributed by atoms with Gasteiger partial charge >= 0.3 is 5.97 Å². The smallest absolute Gasteiger partial charge is 0.340 e. The number of carbonyl (C=O) groups is 2. The molecule has 0 aliphatic rings. The van der Waals surface area contributed by atoms with Crippen molar-refractivity contribution >= 4 is 28.2 Å². The van der Waals surface area contributed by atoms with E-state index in [9.17, 15) is 9.59 Å². The first-order valence-electron chi connectivity index (χ1n) is 7.10. The Morgan fingerprint density at radius 1 is 1.22 bits per heavy atom. The molecule has 5 nitrogen and oxygen atoms in total. The number of aryl methyl sites for hydroxylation is 1. The van der Waals surface area contributed by atoms with Crippen LogP contribution in [0.4, 0.5) is 5.00 Å². The van der Waals surface area contributed by atoms with E-state index < -0.39 is 11.9 Å². The van der Waals surface area contributed by atoms with Gasteiger partial charge in [0.2, 0.25) is 5.91 Å². The molecule has 1 unspecified atom stereocenters. The van der Waals surface area contributed by atoms with Crippen LogP contribution in [0.1, 0.15) is 33.6 Å². The second-order valence-electron chi connectivity index (χ2n) is 5.04. The zero-order valence-corrected chi connectivity index (χ0v) is 14.3. The molecule has 122 valence electrons. The van der Waals surface area contributed by atoms with Crippen molar-refractivity contribution in [3.8, 4) is 5.75 Å². The fraction of sp³-hybridized carbons (Fsp3) is 0.294. The number of carbonyl (C=O) groups excluding carboxylic acids is 2. The van der Waals surface area contributed by atoms with E-state index >= 15 is 0 Å². The Balaban J connectivity index is 2.24. The van der Waals surface area contributed by atoms with Crippen LogP contribution in [-0.4, -0.2) is 26.1 Å². The van der Waals surface area contributed by atoms with Crippen LogP contribution in [0.25, 0.3) is 0 Å². The minimum Gasteiger partial charge on any atom is -0.496 e. The summed E-state index contributed by atoms with van der Waals surface area (Å²) in [6.07, 6.45) is 0. The van der Waals surface area contributed by atoms with Crippen molar-refractivity contribution in [3.63, 3.8) is 0 Å². The number of anilines is 1. The highest BCUT2D eigenvalue weighted by Crippen LogP contribution is 2.31. The number of benzene rings is 1. The molecule has 0 bridgehead atoms. The number of amides is 1. The summed E-state index contributed by atoms with van der Waals surface area (Å²) in [7, 11) is 2.89. The average molecular weight is 333 g/mol. The number of esters is 1. The van der Waals surface area contributed by atoms with Crippen LogP contribution in [0.2, 0.25) is 0 Å². The first-order valence-corrected chi connectivity index (χ1v) is 7.92. The Hall–Kier alpha value is -2.34. The fourth-order valence-electron chi connectivity index (χ4n) is 2.25. The quantitative estimate of drug-likeness (QED) is 0.849. The Morgan fingerprint density at radius 3 is 2.57 bits per heavy atom. The van der Waals surface area contributed by atoms with Gasteiger partial charge in [0.15, 0.2) is 0 Å². The molecule has 2 rings (SSSR count). The third-order valence-corrected chi connectivity index (χ3v) is 4.46. The molecule has 0 aliphatic carbocycles. The summed E-state index contributed by atoms with van der Waals surface area (Å²) in [4.78, 5) is 25.2. The minimum atomic E-state index is -0.463. The summed E-state index contributed by atoms with van der Waals surface area (Å²) in [6, 6.07) is 9.08. The van der Waals surface area contributed by atoms with E-state index in [0.29, 0.717) is 16.3 Å². The lowest BCUT2D eigenvalue weighted by molar-refractivity contribution is -0.117. The highest BCUT2D eigenvalue weighted by atomic mass is 32.1. The predicted octanol–water partition coefficient (Wildman–Crippen LogP) is 3.59. The van der Waals surface area contributed by atoms with Gasteiger partial charge in [-0.2, -0.15) is 0 Å². The van der Waals surface area contributed by atoms with Gasteiger partial charge in [-0.3, -0.25) is 4.79 Å². The van der Waals surface area contributed by atoms with Crippen LogP contribution in [0.5, 0.6) is 5.75 Å². The van der Waals surface area contributed by atoms with Crippen LogP contribution in [0, 0.1) is 6.92 Å². The van der Waals surface area contributed by atoms with E-state index in [2.05, 4.69) is 5.32 Å². The maximum absolute atomic E-state index is 12.5. The lowest BCUT2D eigenvalue weighted by Crippen LogP contribution is -2.20. The highest BCUT2D eigenvalue weighted by Gasteiger charge is 2.22. The number of thiophene rings is 1. The molecule has 6 heteroatoms. The summed E-state index contributed by atoms with van der Waals surface area (Å²) in [6.45, 7) is 3.67. The molecule has 1 atom stereocenters. The zero-order chi connectivity index (χ0) is 17.0. The molecule has 0 saturated carbocycles. The van der Waals surface area contributed by atoms with Crippen molar-refractivity contribution in [2.24, 2.45) is 0 Å². The first-order chi connectivity index (χ1) is 11.0. The summed E-state index contributed by atoms with van der Waals surface area (Å²) >= 11 is 1.34. The number of nitrogens with one attached hydrogen (secondary N) is 1. The monoisotopic (exact) mass is 333 g/mol. The minimum absolute atomic E-state index is 0.207. The van der Waals surface area contributed by atoms with E-state index in [1.165, 1.54) is 18.4 Å². The molecule has 0 fully saturated rings. The van der Waals surface area contributed by atoms with Gasteiger partial charge in [-0.25, -0.2) is 4.79 Å². The third-order valence-electron chi connectivity index (χ3n) is 3.50. The first kappa shape index (κ1) is 17.0. The van der Waals surface area contributed by atoms with Gasteiger partial charge in [0.25, 0.3) is 0 Å². The van der Waals surface area contributed by atoms with Gasteiger partial charge in [0, 0.05) is 10.4 Å². The molecule has 1 aromatic heterocycles. The maximum atomic E-state index is 12.5. The van der Waals surface area contributed by atoms with E-state index in [1.54, 1.807) is 20.1 Å². The van der Waals surface area contributed by atoms with E-state index in [-0.39, 0.29) is 5.91 Å². The number of rotatable bonds is 5. The number of hydrogen-bond acceptors (Lipinski definition) is 5. The highest BCUT2D eigenvalue weighted by molar-refractivity contribution is 7.16. The van der Waals surface area contributed by atoms with Crippen molar-refractivity contribution in [1.82, 2.24) is 0 Å². The summed E-state index contributed by atoms with van der Waals surface area (Å²) in [5.74, 6) is -0.430. The lowest BCUT2D eigenvalue weighted by atomic mass is 9.99. The molecule has 1 amide bonds. The molecule has 1 aromatic carbocycles. The summed E-state index contributed by atoms with van der Waals surface area (Å²) < 4.78 is 10.0. The number of methoxy groups -OCH3 is 2.